The lowest BCUT2D eigenvalue weighted by atomic mass is 9.90. The quantitative estimate of drug-likeness (QED) is 0.550. The van der Waals surface area contributed by atoms with Crippen LogP contribution >= 0.6 is 0 Å². The number of amides is 1. The van der Waals surface area contributed by atoms with Crippen molar-refractivity contribution >= 4 is 16.8 Å². The predicted octanol–water partition coefficient (Wildman–Crippen LogP) is 4.18. The van der Waals surface area contributed by atoms with Gasteiger partial charge < -0.3 is 24.5 Å². The normalized spacial score (nSPS) is 16.0. The third-order valence-corrected chi connectivity index (χ3v) is 7.43. The summed E-state index contributed by atoms with van der Waals surface area (Å²) in [5.41, 5.74) is 3.61. The summed E-state index contributed by atoms with van der Waals surface area (Å²) in [5, 5.41) is 3.91. The molecule has 0 spiro atoms. The summed E-state index contributed by atoms with van der Waals surface area (Å²) in [6.07, 6.45) is 2.33. The fraction of sp³-hybridized carbons (Fsp3) is 0.481. The number of carbonyl (C=O) groups is 1. The van der Waals surface area contributed by atoms with Gasteiger partial charge in [0.25, 0.3) is 11.5 Å². The van der Waals surface area contributed by atoms with Crippen LogP contribution in [-0.4, -0.2) is 47.1 Å². The lowest BCUT2D eigenvalue weighted by molar-refractivity contribution is 0.0951. The monoisotopic (exact) mass is 464 g/mol. The number of para-hydroxylation sites is 1. The molecule has 1 aliphatic heterocycles. The summed E-state index contributed by atoms with van der Waals surface area (Å²) in [6.45, 7) is 11.8. The van der Waals surface area contributed by atoms with Crippen molar-refractivity contribution in [2.75, 3.05) is 26.7 Å². The first-order chi connectivity index (χ1) is 16.3. The van der Waals surface area contributed by atoms with E-state index in [4.69, 9.17) is 4.74 Å². The van der Waals surface area contributed by atoms with E-state index in [0.29, 0.717) is 28.8 Å². The Kier molecular flexibility index (Phi) is 7.12. The van der Waals surface area contributed by atoms with Crippen molar-refractivity contribution in [1.29, 1.82) is 0 Å². The number of hydrogen-bond donors (Lipinski definition) is 2. The standard InChI is InChI=1S/C27H36N4O3/c1-6-30-13-11-20(12-14-30)18(3)31-19(4)25(21-9-7-8-10-23(21)31)27(33)28-16-22-24(34-5)15-17(2)29-26(22)32/h7-10,15,18,20H,6,11-14,16H2,1-5H3,(H,28,33)(H,29,32). The summed E-state index contributed by atoms with van der Waals surface area (Å²) in [7, 11) is 1.53. The highest BCUT2D eigenvalue weighted by atomic mass is 16.5. The second-order valence-corrected chi connectivity index (χ2v) is 9.37. The molecule has 1 saturated heterocycles. The number of pyridine rings is 1. The summed E-state index contributed by atoms with van der Waals surface area (Å²) in [5.74, 6) is 0.874. The Morgan fingerprint density at radius 3 is 2.62 bits per heavy atom. The number of H-pyrrole nitrogens is 1. The zero-order valence-corrected chi connectivity index (χ0v) is 20.9. The first-order valence-corrected chi connectivity index (χ1v) is 12.2. The van der Waals surface area contributed by atoms with Gasteiger partial charge in [0, 0.05) is 28.3 Å². The predicted molar refractivity (Wildman–Crippen MR) is 136 cm³/mol. The fourth-order valence-electron chi connectivity index (χ4n) is 5.46. The Labute approximate surface area is 201 Å². The van der Waals surface area contributed by atoms with E-state index in [1.54, 1.807) is 13.0 Å². The van der Waals surface area contributed by atoms with Gasteiger partial charge in [-0.2, -0.15) is 0 Å². The van der Waals surface area contributed by atoms with E-state index in [9.17, 15) is 9.59 Å². The van der Waals surface area contributed by atoms with Crippen molar-refractivity contribution in [3.05, 3.63) is 63.2 Å². The summed E-state index contributed by atoms with van der Waals surface area (Å²) < 4.78 is 7.72. The number of carbonyl (C=O) groups excluding carboxylic acids is 1. The van der Waals surface area contributed by atoms with Crippen LogP contribution in [0.25, 0.3) is 10.9 Å². The Bertz CT molecular complexity index is 1230. The molecule has 4 rings (SSSR count). The van der Waals surface area contributed by atoms with Gasteiger partial charge in [-0.3, -0.25) is 9.59 Å². The van der Waals surface area contributed by atoms with Crippen LogP contribution < -0.4 is 15.6 Å². The van der Waals surface area contributed by atoms with Crippen molar-refractivity contribution in [3.8, 4) is 5.75 Å². The van der Waals surface area contributed by atoms with Gasteiger partial charge >= 0.3 is 0 Å². The molecule has 7 nitrogen and oxygen atoms in total. The number of methoxy groups -OCH3 is 1. The van der Waals surface area contributed by atoms with E-state index in [-0.39, 0.29) is 18.0 Å². The molecule has 34 heavy (non-hydrogen) atoms. The van der Waals surface area contributed by atoms with Crippen molar-refractivity contribution in [3.63, 3.8) is 0 Å². The van der Waals surface area contributed by atoms with Crippen LogP contribution in [0.2, 0.25) is 0 Å². The van der Waals surface area contributed by atoms with E-state index in [2.05, 4.69) is 39.7 Å². The summed E-state index contributed by atoms with van der Waals surface area (Å²) in [6, 6.07) is 10.2. The van der Waals surface area contributed by atoms with E-state index in [1.807, 2.05) is 25.1 Å². The van der Waals surface area contributed by atoms with Crippen LogP contribution in [-0.2, 0) is 6.54 Å². The molecule has 2 aromatic heterocycles. The van der Waals surface area contributed by atoms with Crippen molar-refractivity contribution in [2.45, 2.75) is 53.1 Å². The molecule has 3 heterocycles. The SMILES string of the molecule is CCN1CCC(C(C)n2c(C)c(C(=O)NCc3c(OC)cc(C)[nH]c3=O)c3ccccc32)CC1. The molecule has 1 aromatic carbocycles. The number of nitrogens with zero attached hydrogens (tertiary/aromatic N) is 2. The minimum absolute atomic E-state index is 0.0988. The van der Waals surface area contributed by atoms with E-state index in [1.165, 1.54) is 20.0 Å². The van der Waals surface area contributed by atoms with Gasteiger partial charge in [-0.1, -0.05) is 25.1 Å². The molecule has 1 fully saturated rings. The molecular formula is C27H36N4O3. The molecule has 1 unspecified atom stereocenters. The second kappa shape index (κ2) is 10.1. The van der Waals surface area contributed by atoms with Crippen molar-refractivity contribution in [2.24, 2.45) is 5.92 Å². The molecule has 0 bridgehead atoms. The minimum Gasteiger partial charge on any atom is -0.496 e. The average molecular weight is 465 g/mol. The van der Waals surface area contributed by atoms with Crippen LogP contribution in [0, 0.1) is 19.8 Å². The third-order valence-electron chi connectivity index (χ3n) is 7.43. The average Bonchev–Trinajstić information content (AvgIpc) is 3.14. The van der Waals surface area contributed by atoms with E-state index >= 15 is 0 Å². The second-order valence-electron chi connectivity index (χ2n) is 9.37. The van der Waals surface area contributed by atoms with Gasteiger partial charge in [0.1, 0.15) is 5.75 Å². The number of hydrogen-bond acceptors (Lipinski definition) is 4. The van der Waals surface area contributed by atoms with Gasteiger partial charge in [-0.25, -0.2) is 0 Å². The summed E-state index contributed by atoms with van der Waals surface area (Å²) >= 11 is 0. The number of nitrogens with one attached hydrogen (secondary N) is 2. The molecule has 2 N–H and O–H groups in total. The Morgan fingerprint density at radius 2 is 1.94 bits per heavy atom. The molecule has 0 radical (unpaired) electrons. The Morgan fingerprint density at radius 1 is 1.24 bits per heavy atom. The highest BCUT2D eigenvalue weighted by Gasteiger charge is 2.29. The molecular weight excluding hydrogens is 428 g/mol. The number of piperidine rings is 1. The zero-order valence-electron chi connectivity index (χ0n) is 20.9. The Balaban J connectivity index is 1.63. The number of rotatable bonds is 7. The van der Waals surface area contributed by atoms with Crippen molar-refractivity contribution < 1.29 is 9.53 Å². The highest BCUT2D eigenvalue weighted by molar-refractivity contribution is 6.08. The van der Waals surface area contributed by atoms with Crippen LogP contribution in [0.15, 0.2) is 35.1 Å². The first-order valence-electron chi connectivity index (χ1n) is 12.2. The van der Waals surface area contributed by atoms with E-state index < -0.39 is 0 Å². The maximum absolute atomic E-state index is 13.4. The molecule has 0 aliphatic carbocycles. The number of likely N-dealkylation sites (tertiary alicyclic amines) is 1. The number of fused-ring (bicyclic) bond motifs is 1. The van der Waals surface area contributed by atoms with Gasteiger partial charge in [0.05, 0.1) is 24.8 Å². The fourth-order valence-corrected chi connectivity index (χ4v) is 5.46. The summed E-state index contributed by atoms with van der Waals surface area (Å²) in [4.78, 5) is 31.2. The topological polar surface area (TPSA) is 79.4 Å². The number of aryl methyl sites for hydroxylation is 1. The Hall–Kier alpha value is -3.06. The largest absolute Gasteiger partial charge is 0.496 e. The molecule has 1 atom stereocenters. The maximum atomic E-state index is 13.4. The molecule has 1 aliphatic rings. The minimum atomic E-state index is -0.247. The molecule has 3 aromatic rings. The molecule has 0 saturated carbocycles. The highest BCUT2D eigenvalue weighted by Crippen LogP contribution is 2.35. The van der Waals surface area contributed by atoms with Crippen LogP contribution in [0.4, 0.5) is 0 Å². The lowest BCUT2D eigenvalue weighted by Crippen LogP contribution is -2.36. The molecule has 182 valence electrons. The molecule has 7 heteroatoms. The zero-order chi connectivity index (χ0) is 24.4. The van der Waals surface area contributed by atoms with Gasteiger partial charge in [-0.05, 0) is 71.3 Å². The van der Waals surface area contributed by atoms with Crippen LogP contribution in [0.5, 0.6) is 5.75 Å². The van der Waals surface area contributed by atoms with Gasteiger partial charge in [0.2, 0.25) is 0 Å². The lowest BCUT2D eigenvalue weighted by Gasteiger charge is -2.35. The first kappa shape index (κ1) is 24.1. The number of aromatic nitrogens is 2. The molecule has 1 amide bonds. The van der Waals surface area contributed by atoms with Gasteiger partial charge in [0.15, 0.2) is 0 Å². The maximum Gasteiger partial charge on any atom is 0.256 e. The smallest absolute Gasteiger partial charge is 0.256 e. The number of aromatic amines is 1. The number of benzene rings is 1. The van der Waals surface area contributed by atoms with Gasteiger partial charge in [-0.15, -0.1) is 0 Å². The van der Waals surface area contributed by atoms with Crippen LogP contribution in [0.3, 0.4) is 0 Å². The number of ether oxygens (including phenoxy) is 1. The van der Waals surface area contributed by atoms with Crippen molar-refractivity contribution in [1.82, 2.24) is 19.8 Å². The van der Waals surface area contributed by atoms with E-state index in [0.717, 1.165) is 41.9 Å². The third kappa shape index (κ3) is 4.49. The van der Waals surface area contributed by atoms with Crippen LogP contribution in [0.1, 0.15) is 60.0 Å².